The molecule has 0 unspecified atom stereocenters. The Kier molecular flexibility index (Phi) is 4.05. The summed E-state index contributed by atoms with van der Waals surface area (Å²) in [7, 11) is 0. The normalized spacial score (nSPS) is 10.7. The first-order chi connectivity index (χ1) is 11.1. The average Bonchev–Trinajstić information content (AvgIpc) is 3.17. The van der Waals surface area contributed by atoms with E-state index in [-0.39, 0.29) is 11.7 Å². The summed E-state index contributed by atoms with van der Waals surface area (Å²) in [6.45, 7) is 2.26. The van der Waals surface area contributed by atoms with Crippen LogP contribution in [0.25, 0.3) is 11.3 Å². The average molecular weight is 312 g/mol. The summed E-state index contributed by atoms with van der Waals surface area (Å²) < 4.78 is 0. The van der Waals surface area contributed by atoms with Gasteiger partial charge in [0.2, 0.25) is 0 Å². The molecule has 118 valence electrons. The topological polar surface area (TPSA) is 120 Å². The molecular formula is C15H16N6O2. The Balaban J connectivity index is 1.58. The molecule has 8 nitrogen and oxygen atoms in total. The van der Waals surface area contributed by atoms with E-state index in [4.69, 9.17) is 0 Å². The van der Waals surface area contributed by atoms with Crippen molar-refractivity contribution in [3.8, 4) is 17.0 Å². The second kappa shape index (κ2) is 6.30. The van der Waals surface area contributed by atoms with Crippen molar-refractivity contribution in [3.63, 3.8) is 0 Å². The number of rotatable bonds is 5. The van der Waals surface area contributed by atoms with Gasteiger partial charge in [0.1, 0.15) is 17.3 Å². The van der Waals surface area contributed by atoms with Gasteiger partial charge >= 0.3 is 0 Å². The maximum Gasteiger partial charge on any atom is 0.269 e. The summed E-state index contributed by atoms with van der Waals surface area (Å²) in [5.74, 6) is 1.36. The van der Waals surface area contributed by atoms with Gasteiger partial charge in [-0.1, -0.05) is 0 Å². The zero-order valence-corrected chi connectivity index (χ0v) is 12.5. The van der Waals surface area contributed by atoms with Crippen LogP contribution in [-0.4, -0.2) is 42.9 Å². The van der Waals surface area contributed by atoms with E-state index in [0.717, 1.165) is 11.4 Å². The van der Waals surface area contributed by atoms with Crippen LogP contribution >= 0.6 is 0 Å². The number of phenolic OH excluding ortho intramolecular Hbond substituents is 1. The van der Waals surface area contributed by atoms with E-state index in [9.17, 15) is 9.90 Å². The highest BCUT2D eigenvalue weighted by molar-refractivity contribution is 5.93. The molecule has 0 aliphatic carbocycles. The lowest BCUT2D eigenvalue weighted by molar-refractivity contribution is 0.0949. The van der Waals surface area contributed by atoms with Gasteiger partial charge in [-0.25, -0.2) is 4.98 Å². The molecule has 4 N–H and O–H groups in total. The summed E-state index contributed by atoms with van der Waals surface area (Å²) in [5.41, 5.74) is 1.83. The molecule has 0 aliphatic heterocycles. The van der Waals surface area contributed by atoms with Crippen LogP contribution in [0.1, 0.15) is 22.1 Å². The number of phenols is 1. The summed E-state index contributed by atoms with van der Waals surface area (Å²) in [6.07, 6.45) is 0.551. The highest BCUT2D eigenvalue weighted by Crippen LogP contribution is 2.20. The molecule has 3 aromatic rings. The van der Waals surface area contributed by atoms with Crippen molar-refractivity contribution in [2.75, 3.05) is 6.54 Å². The van der Waals surface area contributed by atoms with Crippen molar-refractivity contribution >= 4 is 5.91 Å². The fraction of sp³-hybridized carbons (Fsp3) is 0.200. The number of aromatic nitrogens is 5. The highest BCUT2D eigenvalue weighted by atomic mass is 16.3. The predicted octanol–water partition coefficient (Wildman–Crippen LogP) is 1.18. The van der Waals surface area contributed by atoms with Crippen LogP contribution in [0.2, 0.25) is 0 Å². The minimum absolute atomic E-state index is 0.185. The summed E-state index contributed by atoms with van der Waals surface area (Å²) >= 11 is 0. The van der Waals surface area contributed by atoms with Crippen molar-refractivity contribution in [3.05, 3.63) is 47.7 Å². The molecule has 23 heavy (non-hydrogen) atoms. The number of aromatic hydroxyl groups is 1. The van der Waals surface area contributed by atoms with Gasteiger partial charge in [0.15, 0.2) is 5.82 Å². The van der Waals surface area contributed by atoms with Gasteiger partial charge in [0.05, 0.1) is 5.69 Å². The highest BCUT2D eigenvalue weighted by Gasteiger charge is 2.11. The second-order valence-electron chi connectivity index (χ2n) is 5.06. The Labute approximate surface area is 132 Å². The van der Waals surface area contributed by atoms with Crippen molar-refractivity contribution in [1.29, 1.82) is 0 Å². The minimum atomic E-state index is -0.241. The predicted molar refractivity (Wildman–Crippen MR) is 82.8 cm³/mol. The summed E-state index contributed by atoms with van der Waals surface area (Å²) in [6, 6.07) is 8.28. The van der Waals surface area contributed by atoms with Crippen LogP contribution in [0.3, 0.4) is 0 Å². The number of benzene rings is 1. The van der Waals surface area contributed by atoms with Crippen LogP contribution in [0.5, 0.6) is 5.75 Å². The first-order valence-corrected chi connectivity index (χ1v) is 7.13. The number of nitrogens with one attached hydrogen (secondary N) is 3. The van der Waals surface area contributed by atoms with Gasteiger partial charge in [-0.2, -0.15) is 10.2 Å². The fourth-order valence-corrected chi connectivity index (χ4v) is 2.10. The number of carbonyl (C=O) groups is 1. The molecule has 1 aromatic carbocycles. The Morgan fingerprint density at radius 1 is 1.22 bits per heavy atom. The lowest BCUT2D eigenvalue weighted by atomic mass is 10.1. The van der Waals surface area contributed by atoms with Gasteiger partial charge < -0.3 is 10.4 Å². The maximum absolute atomic E-state index is 12.1. The van der Waals surface area contributed by atoms with E-state index in [1.807, 2.05) is 6.92 Å². The number of hydrogen-bond donors (Lipinski definition) is 4. The summed E-state index contributed by atoms with van der Waals surface area (Å²) in [5, 5.41) is 25.7. The Morgan fingerprint density at radius 3 is 2.70 bits per heavy atom. The molecule has 2 aromatic heterocycles. The maximum atomic E-state index is 12.1. The van der Waals surface area contributed by atoms with Gasteiger partial charge in [0, 0.05) is 18.5 Å². The zero-order valence-electron chi connectivity index (χ0n) is 12.5. The lowest BCUT2D eigenvalue weighted by Gasteiger charge is -2.00. The SMILES string of the molecule is Cc1nc(CCNC(=O)c2cc(-c3ccc(O)cc3)n[nH]2)n[nH]1. The molecular weight excluding hydrogens is 296 g/mol. The third-order valence-electron chi connectivity index (χ3n) is 3.26. The molecule has 0 bridgehead atoms. The number of aryl methyl sites for hydroxylation is 1. The molecule has 8 heteroatoms. The number of nitrogens with zero attached hydrogens (tertiary/aromatic N) is 3. The fourth-order valence-electron chi connectivity index (χ4n) is 2.10. The van der Waals surface area contributed by atoms with E-state index in [1.165, 1.54) is 0 Å². The molecule has 3 rings (SSSR count). The Hall–Kier alpha value is -3.16. The molecule has 0 atom stereocenters. The second-order valence-corrected chi connectivity index (χ2v) is 5.06. The van der Waals surface area contributed by atoms with Crippen molar-refractivity contribution in [1.82, 2.24) is 30.7 Å². The molecule has 0 radical (unpaired) electrons. The number of carbonyl (C=O) groups excluding carboxylic acids is 1. The van der Waals surface area contributed by atoms with Crippen LogP contribution < -0.4 is 5.32 Å². The van der Waals surface area contributed by atoms with Gasteiger partial charge in [0.25, 0.3) is 5.91 Å². The zero-order chi connectivity index (χ0) is 16.2. The van der Waals surface area contributed by atoms with Crippen LogP contribution in [0.15, 0.2) is 30.3 Å². The number of amides is 1. The monoisotopic (exact) mass is 312 g/mol. The van der Waals surface area contributed by atoms with Crippen LogP contribution in [-0.2, 0) is 6.42 Å². The Bertz CT molecular complexity index is 805. The number of aromatic amines is 2. The molecule has 0 spiro atoms. The smallest absolute Gasteiger partial charge is 0.269 e. The molecule has 2 heterocycles. The Morgan fingerprint density at radius 2 is 2.00 bits per heavy atom. The van der Waals surface area contributed by atoms with Gasteiger partial charge in [-0.3, -0.25) is 15.0 Å². The first kappa shape index (κ1) is 14.8. The standard InChI is InChI=1S/C15H16N6O2/c1-9-17-14(21-18-9)6-7-16-15(23)13-8-12(19-20-13)10-2-4-11(22)5-3-10/h2-5,8,22H,6-7H2,1H3,(H,16,23)(H,19,20)(H,17,18,21). The first-order valence-electron chi connectivity index (χ1n) is 7.13. The van der Waals surface area contributed by atoms with Crippen LogP contribution in [0, 0.1) is 6.92 Å². The molecule has 1 amide bonds. The van der Waals surface area contributed by atoms with Crippen molar-refractivity contribution < 1.29 is 9.90 Å². The van der Waals surface area contributed by atoms with Crippen molar-refractivity contribution in [2.45, 2.75) is 13.3 Å². The van der Waals surface area contributed by atoms with Gasteiger partial charge in [-0.05, 0) is 37.3 Å². The number of H-pyrrole nitrogens is 2. The van der Waals surface area contributed by atoms with Crippen LogP contribution in [0.4, 0.5) is 0 Å². The van der Waals surface area contributed by atoms with E-state index >= 15 is 0 Å². The largest absolute Gasteiger partial charge is 0.508 e. The van der Waals surface area contributed by atoms with E-state index in [0.29, 0.717) is 30.2 Å². The van der Waals surface area contributed by atoms with E-state index in [2.05, 4.69) is 30.7 Å². The molecule has 0 aliphatic rings. The minimum Gasteiger partial charge on any atom is -0.508 e. The number of hydrogen-bond acceptors (Lipinski definition) is 5. The third kappa shape index (κ3) is 3.54. The quantitative estimate of drug-likeness (QED) is 0.564. The molecule has 0 saturated heterocycles. The molecule has 0 fully saturated rings. The van der Waals surface area contributed by atoms with Crippen molar-refractivity contribution in [2.24, 2.45) is 0 Å². The van der Waals surface area contributed by atoms with E-state index < -0.39 is 0 Å². The van der Waals surface area contributed by atoms with Gasteiger partial charge in [-0.15, -0.1) is 0 Å². The summed E-state index contributed by atoms with van der Waals surface area (Å²) in [4.78, 5) is 16.2. The van der Waals surface area contributed by atoms with E-state index in [1.54, 1.807) is 30.3 Å². The molecule has 0 saturated carbocycles. The third-order valence-corrected chi connectivity index (χ3v) is 3.26. The lowest BCUT2D eigenvalue weighted by Crippen LogP contribution is -2.26.